The van der Waals surface area contributed by atoms with Crippen LogP contribution in [0.5, 0.6) is 0 Å². The van der Waals surface area contributed by atoms with E-state index in [-0.39, 0.29) is 40.8 Å². The Bertz CT molecular complexity index is 2060. The molecule has 0 spiro atoms. The van der Waals surface area contributed by atoms with Gasteiger partial charge in [0, 0.05) is 51.7 Å². The van der Waals surface area contributed by atoms with Gasteiger partial charge in [-0.25, -0.2) is 0 Å². The van der Waals surface area contributed by atoms with Gasteiger partial charge in [0.2, 0.25) is 0 Å². The van der Waals surface area contributed by atoms with Crippen molar-refractivity contribution in [2.75, 3.05) is 0 Å². The number of aliphatic hydroxyl groups is 4. The fraction of sp³-hybridized carbons (Fsp3) is 0.130. The Hall–Kier alpha value is -3.58. The maximum atomic E-state index is 7.61. The van der Waals surface area contributed by atoms with E-state index in [4.69, 9.17) is 30.4 Å². The van der Waals surface area contributed by atoms with E-state index in [9.17, 15) is 0 Å². The summed E-state index contributed by atoms with van der Waals surface area (Å²) in [6.45, 7) is 6.97. The molecular formula is C46H48N2O4P2Pd2. The molecule has 0 unspecified atom stereocenters. The first-order valence-electron chi connectivity index (χ1n) is 17.9. The molecule has 10 heteroatoms. The molecule has 0 fully saturated rings. The molecule has 0 radical (unpaired) electrons. The van der Waals surface area contributed by atoms with Gasteiger partial charge >= 0.3 is 0 Å². The Balaban J connectivity index is 0.000000245. The average molecular weight is 968 g/mol. The number of rotatable bonds is 6. The van der Waals surface area contributed by atoms with Crippen molar-refractivity contribution in [3.8, 4) is 0 Å². The van der Waals surface area contributed by atoms with E-state index in [0.29, 0.717) is 0 Å². The quantitative estimate of drug-likeness (QED) is 0.0952. The number of nitrogens with zero attached hydrogens (tertiary/aromatic N) is 2. The van der Waals surface area contributed by atoms with Crippen LogP contribution in [0, 0.1) is 13.8 Å². The molecule has 6 nitrogen and oxygen atoms in total. The second-order valence-electron chi connectivity index (χ2n) is 12.7. The third-order valence-electron chi connectivity index (χ3n) is 8.51. The molecule has 0 amide bonds. The van der Waals surface area contributed by atoms with Crippen molar-refractivity contribution in [3.63, 3.8) is 0 Å². The topological polar surface area (TPSA) is 109 Å². The standard InChI is InChI=1S/2C21H17NP.2C2H6O2.2Pd/c2*1-16-19-14-8-9-15-20(19)22-21(16)23(17-10-4-2-5-11-17)18-12-6-3-7-13-18;2*1-2(3)4;;/h2*2-15H,1H3;2*2-4H,1H3;;/q2*-1;;;;/p+2. The maximum absolute atomic E-state index is 7.61. The minimum atomic E-state index is -1.17. The Kier molecular flexibility index (Phi) is 19.7. The normalized spacial score (nSPS) is 10.5. The van der Waals surface area contributed by atoms with Crippen LogP contribution in [0.25, 0.3) is 21.8 Å². The first-order chi connectivity index (χ1) is 26.2. The van der Waals surface area contributed by atoms with Gasteiger partial charge in [-0.3, -0.25) is 0 Å². The van der Waals surface area contributed by atoms with Gasteiger partial charge in [-0.05, 0) is 98.1 Å². The molecule has 56 heavy (non-hydrogen) atoms. The molecule has 2 aromatic heterocycles. The van der Waals surface area contributed by atoms with E-state index >= 15 is 0 Å². The van der Waals surface area contributed by atoms with Crippen molar-refractivity contribution < 1.29 is 61.3 Å². The Labute approximate surface area is 359 Å². The first kappa shape index (κ1) is 46.8. The van der Waals surface area contributed by atoms with E-state index in [1.54, 1.807) is 0 Å². The minimum Gasteiger partial charge on any atom is -0.626 e. The first-order valence-corrected chi connectivity index (χ1v) is 20.9. The van der Waals surface area contributed by atoms with Crippen molar-refractivity contribution >= 4 is 69.7 Å². The second-order valence-corrected chi connectivity index (χ2v) is 17.4. The molecule has 0 atom stereocenters. The number of hydrogen-bond acceptors (Lipinski definition) is 4. The zero-order chi connectivity index (χ0) is 38.5. The number of aryl methyl sites for hydroxylation is 2. The maximum Gasteiger partial charge on any atom is 0.148 e. The summed E-state index contributed by atoms with van der Waals surface area (Å²) in [7, 11) is -2.16. The molecule has 0 saturated heterocycles. The van der Waals surface area contributed by atoms with Crippen LogP contribution in [0.4, 0.5) is 0 Å². The van der Waals surface area contributed by atoms with Crippen LogP contribution in [0.3, 0.4) is 0 Å². The number of fused-ring (bicyclic) bond motifs is 2. The smallest absolute Gasteiger partial charge is 0.148 e. The van der Waals surface area contributed by atoms with Crippen LogP contribution in [0.15, 0.2) is 170 Å². The molecule has 0 bridgehead atoms. The fourth-order valence-electron chi connectivity index (χ4n) is 6.23. The van der Waals surface area contributed by atoms with Gasteiger partial charge in [-0.2, -0.15) is 0 Å². The summed E-state index contributed by atoms with van der Waals surface area (Å²) in [6.07, 6.45) is -2.33. The molecule has 296 valence electrons. The largest absolute Gasteiger partial charge is 0.626 e. The zero-order valence-electron chi connectivity index (χ0n) is 31.6. The summed E-state index contributed by atoms with van der Waals surface area (Å²) in [5.74, 6) is 0. The summed E-state index contributed by atoms with van der Waals surface area (Å²) in [5, 5.41) is 38.5. The van der Waals surface area contributed by atoms with Crippen LogP contribution in [0.2, 0.25) is 0 Å². The van der Waals surface area contributed by atoms with Gasteiger partial charge in [0.15, 0.2) is 0 Å². The molecule has 6 aromatic carbocycles. The van der Waals surface area contributed by atoms with Gasteiger partial charge < -0.3 is 30.4 Å². The van der Waals surface area contributed by atoms with Crippen LogP contribution < -0.4 is 42.1 Å². The monoisotopic (exact) mass is 966 g/mol. The Morgan fingerprint density at radius 2 is 0.589 bits per heavy atom. The van der Waals surface area contributed by atoms with E-state index < -0.39 is 28.4 Å². The molecule has 0 saturated carbocycles. The number of aromatic nitrogens is 2. The van der Waals surface area contributed by atoms with Crippen molar-refractivity contribution in [3.05, 3.63) is 181 Å². The molecule has 0 aliphatic heterocycles. The van der Waals surface area contributed by atoms with E-state index in [2.05, 4.69) is 184 Å². The summed E-state index contributed by atoms with van der Waals surface area (Å²) in [6, 6.07) is 60.1. The molecule has 0 aliphatic rings. The van der Waals surface area contributed by atoms with Crippen molar-refractivity contribution in [2.45, 2.75) is 40.3 Å². The van der Waals surface area contributed by atoms with Crippen molar-refractivity contribution in [1.82, 2.24) is 9.97 Å². The number of hydrogen-bond donors (Lipinski definition) is 4. The average Bonchev–Trinajstić information content (AvgIpc) is 3.69. The number of aliphatic hydroxyl groups excluding tert-OH is 2. The third-order valence-corrected chi connectivity index (χ3v) is 14.1. The zero-order valence-corrected chi connectivity index (χ0v) is 36.7. The number of benzene rings is 6. The second kappa shape index (κ2) is 23.6. The fourth-order valence-corrected chi connectivity index (χ4v) is 11.6. The van der Waals surface area contributed by atoms with Gasteiger partial charge in [0.1, 0.15) is 12.6 Å². The predicted molar refractivity (Wildman–Crippen MR) is 232 cm³/mol. The van der Waals surface area contributed by atoms with E-state index in [1.807, 2.05) is 0 Å². The Morgan fingerprint density at radius 3 is 0.821 bits per heavy atom. The third kappa shape index (κ3) is 12.7. The van der Waals surface area contributed by atoms with Crippen molar-refractivity contribution in [2.24, 2.45) is 0 Å². The van der Waals surface area contributed by atoms with Crippen molar-refractivity contribution in [1.29, 1.82) is 0 Å². The van der Waals surface area contributed by atoms with E-state index in [1.165, 1.54) is 67.8 Å². The van der Waals surface area contributed by atoms with Gasteiger partial charge in [-0.15, -0.1) is 11.0 Å². The van der Waals surface area contributed by atoms with E-state index in [0.717, 1.165) is 11.0 Å². The van der Waals surface area contributed by atoms with Gasteiger partial charge in [0.25, 0.3) is 0 Å². The summed E-state index contributed by atoms with van der Waals surface area (Å²) in [5.41, 5.74) is 7.37. The molecule has 8 rings (SSSR count). The van der Waals surface area contributed by atoms with Crippen LogP contribution >= 0.6 is 15.8 Å². The van der Waals surface area contributed by atoms with Gasteiger partial charge in [0.05, 0.1) is 37.1 Å². The van der Waals surface area contributed by atoms with Crippen LogP contribution in [0.1, 0.15) is 25.0 Å². The summed E-state index contributed by atoms with van der Waals surface area (Å²) >= 11 is 0. The molecule has 8 aromatic rings. The van der Waals surface area contributed by atoms with Crippen LogP contribution in [-0.2, 0) is 40.8 Å². The minimum absolute atomic E-state index is 0. The Morgan fingerprint density at radius 1 is 0.375 bits per heavy atom. The van der Waals surface area contributed by atoms with Gasteiger partial charge in [-0.1, -0.05) is 121 Å². The molecule has 0 aliphatic carbocycles. The molecule has 2 heterocycles. The number of para-hydroxylation sites is 2. The molecular weight excluding hydrogens is 919 g/mol. The summed E-state index contributed by atoms with van der Waals surface area (Å²) in [4.78, 5) is 10.0. The SMILES string of the molecule is CC(O)O.CC(O)O.Cc1c([PH+](c2ccccc2)c2ccccc2)[n-]c2ccccc12.Cc1c([PH+](c2ccccc2)c2ccccc2)[n-]c2ccccc12.[Pd].[Pd]. The molecule has 4 N–H and O–H groups in total. The predicted octanol–water partition coefficient (Wildman–Crippen LogP) is 5.82. The summed E-state index contributed by atoms with van der Waals surface area (Å²) < 4.78 is 0. The van der Waals surface area contributed by atoms with Crippen LogP contribution in [-0.4, -0.2) is 33.0 Å².